The van der Waals surface area contributed by atoms with E-state index in [-0.39, 0.29) is 24.3 Å². The summed E-state index contributed by atoms with van der Waals surface area (Å²) in [4.78, 5) is 3.77. The van der Waals surface area contributed by atoms with Gasteiger partial charge in [0, 0.05) is 19.9 Å². The fourth-order valence-corrected chi connectivity index (χ4v) is 2.09. The van der Waals surface area contributed by atoms with Gasteiger partial charge in [0.15, 0.2) is 5.03 Å². The highest BCUT2D eigenvalue weighted by Crippen LogP contribution is 2.06. The Morgan fingerprint density at radius 1 is 1.53 bits per heavy atom. The quantitative estimate of drug-likeness (QED) is 0.745. The van der Waals surface area contributed by atoms with E-state index in [9.17, 15) is 8.42 Å². The highest BCUT2D eigenvalue weighted by molar-refractivity contribution is 7.89. The van der Waals surface area contributed by atoms with Crippen LogP contribution in [0.4, 0.5) is 0 Å². The van der Waals surface area contributed by atoms with Gasteiger partial charge in [-0.15, -0.1) is 0 Å². The van der Waals surface area contributed by atoms with Crippen LogP contribution in [0.25, 0.3) is 0 Å². The number of aliphatic hydroxyl groups is 1. The minimum absolute atomic E-state index is 0.0713. The minimum Gasteiger partial charge on any atom is -0.392 e. The number of aromatic nitrogens is 1. The van der Waals surface area contributed by atoms with Gasteiger partial charge < -0.3 is 9.84 Å². The third-order valence-corrected chi connectivity index (χ3v) is 3.56. The molecule has 0 aromatic carbocycles. The lowest BCUT2D eigenvalue weighted by Crippen LogP contribution is -2.32. The zero-order valence-electron chi connectivity index (χ0n) is 9.75. The summed E-state index contributed by atoms with van der Waals surface area (Å²) in [5, 5.41) is 8.75. The average molecular weight is 260 g/mol. The molecule has 0 saturated heterocycles. The summed E-state index contributed by atoms with van der Waals surface area (Å²) in [6.45, 7) is 1.77. The van der Waals surface area contributed by atoms with Gasteiger partial charge >= 0.3 is 0 Å². The number of rotatable bonds is 6. The highest BCUT2D eigenvalue weighted by atomic mass is 32.2. The first-order valence-corrected chi connectivity index (χ1v) is 6.56. The number of pyridine rings is 1. The van der Waals surface area contributed by atoms with Gasteiger partial charge in [-0.05, 0) is 18.6 Å². The first-order chi connectivity index (χ1) is 7.99. The van der Waals surface area contributed by atoms with Crippen LogP contribution in [-0.2, 0) is 21.4 Å². The first-order valence-electron chi connectivity index (χ1n) is 5.08. The highest BCUT2D eigenvalue weighted by Gasteiger charge is 2.16. The van der Waals surface area contributed by atoms with Crippen molar-refractivity contribution in [2.75, 3.05) is 13.7 Å². The summed E-state index contributed by atoms with van der Waals surface area (Å²) in [6, 6.07) is 2.87. The fraction of sp³-hybridized carbons (Fsp3) is 0.500. The molecule has 2 N–H and O–H groups in total. The molecule has 1 aromatic rings. The molecule has 0 aliphatic rings. The Kier molecular flexibility index (Phi) is 5.01. The molecule has 1 atom stereocenters. The lowest BCUT2D eigenvalue weighted by atomic mass is 10.3. The second-order valence-corrected chi connectivity index (χ2v) is 5.27. The molecule has 1 heterocycles. The molecule has 96 valence electrons. The number of ether oxygens (including phenoxy) is 1. The summed E-state index contributed by atoms with van der Waals surface area (Å²) in [5.41, 5.74) is 0.564. The molecular weight excluding hydrogens is 244 g/mol. The number of hydrogen-bond donors (Lipinski definition) is 2. The number of sulfonamides is 1. The summed E-state index contributed by atoms with van der Waals surface area (Å²) in [6.07, 6.45) is 1.12. The molecule has 1 aromatic heterocycles. The molecule has 17 heavy (non-hydrogen) atoms. The molecule has 0 amide bonds. The molecule has 1 rings (SSSR count). The summed E-state index contributed by atoms with van der Waals surface area (Å²) < 4.78 is 30.8. The van der Waals surface area contributed by atoms with Crippen molar-refractivity contribution < 1.29 is 18.3 Å². The Labute approximate surface area is 101 Å². The van der Waals surface area contributed by atoms with Crippen LogP contribution in [0.1, 0.15) is 12.5 Å². The predicted octanol–water partition coefficient (Wildman–Crippen LogP) is -0.113. The molecule has 1 unspecified atom stereocenters. The molecule has 0 saturated carbocycles. The maximum atomic E-state index is 11.8. The van der Waals surface area contributed by atoms with Crippen LogP contribution in [0.15, 0.2) is 23.4 Å². The molecule has 0 aliphatic carbocycles. The van der Waals surface area contributed by atoms with Gasteiger partial charge in [-0.25, -0.2) is 18.1 Å². The van der Waals surface area contributed by atoms with Crippen LogP contribution in [0.3, 0.4) is 0 Å². The van der Waals surface area contributed by atoms with Crippen LogP contribution < -0.4 is 4.72 Å². The molecular formula is C10H16N2O4S. The Hall–Kier alpha value is -1.02. The van der Waals surface area contributed by atoms with E-state index in [1.54, 1.807) is 6.92 Å². The van der Waals surface area contributed by atoms with Crippen molar-refractivity contribution in [3.05, 3.63) is 23.9 Å². The maximum absolute atomic E-state index is 11.8. The van der Waals surface area contributed by atoms with Crippen molar-refractivity contribution >= 4 is 10.0 Å². The Morgan fingerprint density at radius 2 is 2.24 bits per heavy atom. The van der Waals surface area contributed by atoms with Gasteiger partial charge in [-0.2, -0.15) is 0 Å². The van der Waals surface area contributed by atoms with Crippen molar-refractivity contribution in [3.8, 4) is 0 Å². The number of nitrogens with one attached hydrogen (secondary N) is 1. The molecule has 7 heteroatoms. The smallest absolute Gasteiger partial charge is 0.258 e. The average Bonchev–Trinajstić information content (AvgIpc) is 2.36. The number of hydrogen-bond acceptors (Lipinski definition) is 5. The standard InChI is InChI=1S/C10H16N2O4S/c1-8(16-2)5-12-17(14,15)10-4-3-9(7-13)6-11-10/h3-4,6,8,12-13H,5,7H2,1-2H3. The summed E-state index contributed by atoms with van der Waals surface area (Å²) in [7, 11) is -2.11. The van der Waals surface area contributed by atoms with E-state index < -0.39 is 10.0 Å². The zero-order valence-corrected chi connectivity index (χ0v) is 10.6. The molecule has 6 nitrogen and oxygen atoms in total. The van der Waals surface area contributed by atoms with Crippen molar-refractivity contribution in [1.29, 1.82) is 0 Å². The minimum atomic E-state index is -3.61. The fourth-order valence-electron chi connectivity index (χ4n) is 1.05. The number of methoxy groups -OCH3 is 1. The van der Waals surface area contributed by atoms with Gasteiger partial charge in [0.05, 0.1) is 12.7 Å². The molecule has 0 fully saturated rings. The van der Waals surface area contributed by atoms with Crippen LogP contribution in [0.5, 0.6) is 0 Å². The van der Waals surface area contributed by atoms with Gasteiger partial charge in [0.2, 0.25) is 0 Å². The predicted molar refractivity (Wildman–Crippen MR) is 61.8 cm³/mol. The first kappa shape index (κ1) is 14.0. The number of aliphatic hydroxyl groups excluding tert-OH is 1. The molecule has 0 aliphatic heterocycles. The van der Waals surface area contributed by atoms with Crippen molar-refractivity contribution in [1.82, 2.24) is 9.71 Å². The molecule has 0 spiro atoms. The van der Waals surface area contributed by atoms with Crippen molar-refractivity contribution in [2.24, 2.45) is 0 Å². The lowest BCUT2D eigenvalue weighted by Gasteiger charge is -2.10. The van der Waals surface area contributed by atoms with Gasteiger partial charge in [0.25, 0.3) is 10.0 Å². The van der Waals surface area contributed by atoms with Crippen molar-refractivity contribution in [2.45, 2.75) is 24.7 Å². The van der Waals surface area contributed by atoms with Gasteiger partial charge in [0.1, 0.15) is 0 Å². The van der Waals surface area contributed by atoms with E-state index in [2.05, 4.69) is 9.71 Å². The summed E-state index contributed by atoms with van der Waals surface area (Å²) in [5.74, 6) is 0. The largest absolute Gasteiger partial charge is 0.392 e. The molecule has 0 radical (unpaired) electrons. The third kappa shape index (κ3) is 4.04. The summed E-state index contributed by atoms with van der Waals surface area (Å²) >= 11 is 0. The monoisotopic (exact) mass is 260 g/mol. The van der Waals surface area contributed by atoms with E-state index in [0.717, 1.165) is 0 Å². The zero-order chi connectivity index (χ0) is 12.9. The second-order valence-electron chi connectivity index (χ2n) is 3.56. The van der Waals surface area contributed by atoms with Crippen LogP contribution in [0, 0.1) is 0 Å². The van der Waals surface area contributed by atoms with E-state index in [1.165, 1.54) is 25.4 Å². The maximum Gasteiger partial charge on any atom is 0.258 e. The van der Waals surface area contributed by atoms with Crippen LogP contribution >= 0.6 is 0 Å². The van der Waals surface area contributed by atoms with Gasteiger partial charge in [-0.1, -0.05) is 6.07 Å². The van der Waals surface area contributed by atoms with Crippen LogP contribution in [0.2, 0.25) is 0 Å². The second kappa shape index (κ2) is 6.06. The van der Waals surface area contributed by atoms with Crippen molar-refractivity contribution in [3.63, 3.8) is 0 Å². The Balaban J connectivity index is 2.75. The van der Waals surface area contributed by atoms with Crippen LogP contribution in [-0.4, -0.2) is 38.3 Å². The van der Waals surface area contributed by atoms with Gasteiger partial charge in [-0.3, -0.25) is 0 Å². The van der Waals surface area contributed by atoms with E-state index in [0.29, 0.717) is 5.56 Å². The van der Waals surface area contributed by atoms with E-state index in [4.69, 9.17) is 9.84 Å². The van der Waals surface area contributed by atoms with E-state index in [1.807, 2.05) is 0 Å². The lowest BCUT2D eigenvalue weighted by molar-refractivity contribution is 0.122. The topological polar surface area (TPSA) is 88.5 Å². The SMILES string of the molecule is COC(C)CNS(=O)(=O)c1ccc(CO)cn1. The Bertz CT molecular complexity index is 444. The normalized spacial score (nSPS) is 13.6. The third-order valence-electron chi connectivity index (χ3n) is 2.22. The number of nitrogens with zero attached hydrogens (tertiary/aromatic N) is 1. The molecule has 0 bridgehead atoms. The van der Waals surface area contributed by atoms with E-state index >= 15 is 0 Å². The Morgan fingerprint density at radius 3 is 2.71 bits per heavy atom.